The number of hydrogen-bond donors (Lipinski definition) is 1. The molecule has 0 fully saturated rings. The second-order valence-corrected chi connectivity index (χ2v) is 5.56. The first kappa shape index (κ1) is 17.7. The fourth-order valence-corrected chi connectivity index (χ4v) is 2.04. The van der Waals surface area contributed by atoms with Crippen molar-refractivity contribution in [1.29, 1.82) is 0 Å². The Bertz CT molecular complexity index is 765. The largest absolute Gasteiger partial charge is 0.483 e. The topological polar surface area (TPSA) is 58.6 Å². The van der Waals surface area contributed by atoms with E-state index in [2.05, 4.69) is 5.32 Å². The van der Waals surface area contributed by atoms with E-state index in [1.54, 1.807) is 38.4 Å². The Labute approximate surface area is 144 Å². The normalized spacial score (nSPS) is 10.2. The van der Waals surface area contributed by atoms with Gasteiger partial charge >= 0.3 is 0 Å². The molecule has 0 aliphatic rings. The molecular weight excluding hydrogens is 335 g/mol. The molecule has 0 spiro atoms. The quantitative estimate of drug-likeness (QED) is 0.900. The lowest BCUT2D eigenvalue weighted by Crippen LogP contribution is -2.28. The third-order valence-corrected chi connectivity index (χ3v) is 3.47. The van der Waals surface area contributed by atoms with Crippen molar-refractivity contribution in [3.63, 3.8) is 0 Å². The van der Waals surface area contributed by atoms with Gasteiger partial charge in [-0.2, -0.15) is 0 Å². The molecule has 0 aromatic heterocycles. The van der Waals surface area contributed by atoms with Gasteiger partial charge in [0, 0.05) is 14.1 Å². The molecule has 0 saturated heterocycles. The summed E-state index contributed by atoms with van der Waals surface area (Å²) >= 11 is 5.90. The van der Waals surface area contributed by atoms with E-state index in [9.17, 15) is 14.0 Å². The molecule has 2 aromatic rings. The first-order valence-corrected chi connectivity index (χ1v) is 7.44. The van der Waals surface area contributed by atoms with Crippen LogP contribution in [0.15, 0.2) is 42.5 Å². The number of hydrogen-bond acceptors (Lipinski definition) is 3. The van der Waals surface area contributed by atoms with E-state index >= 15 is 0 Å². The van der Waals surface area contributed by atoms with Gasteiger partial charge in [-0.3, -0.25) is 9.59 Å². The molecule has 24 heavy (non-hydrogen) atoms. The van der Waals surface area contributed by atoms with Crippen molar-refractivity contribution in [1.82, 2.24) is 4.90 Å². The monoisotopic (exact) mass is 350 g/mol. The second kappa shape index (κ2) is 7.79. The first-order valence-electron chi connectivity index (χ1n) is 7.07. The van der Waals surface area contributed by atoms with Crippen LogP contribution in [0, 0.1) is 5.82 Å². The van der Waals surface area contributed by atoms with Crippen LogP contribution in [0.3, 0.4) is 0 Å². The summed E-state index contributed by atoms with van der Waals surface area (Å²) < 4.78 is 18.5. The van der Waals surface area contributed by atoms with Gasteiger partial charge in [-0.05, 0) is 30.3 Å². The maximum absolute atomic E-state index is 13.1. The number of nitrogens with one attached hydrogen (secondary N) is 1. The van der Waals surface area contributed by atoms with E-state index in [1.165, 1.54) is 17.0 Å². The van der Waals surface area contributed by atoms with E-state index in [-0.39, 0.29) is 34.5 Å². The van der Waals surface area contributed by atoms with Gasteiger partial charge in [0.15, 0.2) is 6.61 Å². The van der Waals surface area contributed by atoms with E-state index in [0.717, 1.165) is 6.07 Å². The van der Waals surface area contributed by atoms with Gasteiger partial charge in [-0.25, -0.2) is 4.39 Å². The van der Waals surface area contributed by atoms with Crippen LogP contribution in [0.25, 0.3) is 0 Å². The van der Waals surface area contributed by atoms with Gasteiger partial charge in [0.1, 0.15) is 11.6 Å². The number of likely N-dealkylation sites (N-methyl/N-ethyl adjacent to an activating group) is 1. The molecule has 126 valence electrons. The number of anilines is 1. The van der Waals surface area contributed by atoms with E-state index < -0.39 is 11.7 Å². The van der Waals surface area contributed by atoms with Crippen molar-refractivity contribution in [2.45, 2.75) is 0 Å². The number of ether oxygens (including phenoxy) is 1. The summed E-state index contributed by atoms with van der Waals surface area (Å²) in [6.45, 7) is -0.186. The fourth-order valence-electron chi connectivity index (χ4n) is 1.83. The Hall–Kier alpha value is -2.60. The van der Waals surface area contributed by atoms with Crippen LogP contribution >= 0.6 is 11.6 Å². The summed E-state index contributed by atoms with van der Waals surface area (Å²) in [6, 6.07) is 10.2. The third kappa shape index (κ3) is 4.45. The van der Waals surface area contributed by atoms with E-state index in [1.807, 2.05) is 0 Å². The molecule has 0 atom stereocenters. The number of benzene rings is 2. The highest BCUT2D eigenvalue weighted by Gasteiger charge is 2.15. The zero-order chi connectivity index (χ0) is 17.7. The second-order valence-electron chi connectivity index (χ2n) is 5.15. The average molecular weight is 351 g/mol. The highest BCUT2D eigenvalue weighted by atomic mass is 35.5. The lowest BCUT2D eigenvalue weighted by atomic mass is 10.2. The fraction of sp³-hybridized carbons (Fsp3) is 0.176. The Morgan fingerprint density at radius 3 is 2.58 bits per heavy atom. The number of para-hydroxylation sites is 1. The van der Waals surface area contributed by atoms with Crippen LogP contribution in [0.4, 0.5) is 10.1 Å². The van der Waals surface area contributed by atoms with Gasteiger partial charge in [-0.15, -0.1) is 0 Å². The highest BCUT2D eigenvalue weighted by Crippen LogP contribution is 2.25. The molecule has 0 bridgehead atoms. The predicted molar refractivity (Wildman–Crippen MR) is 90.0 cm³/mol. The number of nitrogens with zero attached hydrogens (tertiary/aromatic N) is 1. The van der Waals surface area contributed by atoms with E-state index in [0.29, 0.717) is 0 Å². The zero-order valence-corrected chi connectivity index (χ0v) is 13.9. The number of amides is 2. The van der Waals surface area contributed by atoms with Gasteiger partial charge in [0.25, 0.3) is 11.8 Å². The Morgan fingerprint density at radius 1 is 1.21 bits per heavy atom. The summed E-state index contributed by atoms with van der Waals surface area (Å²) in [4.78, 5) is 25.4. The van der Waals surface area contributed by atoms with Crippen molar-refractivity contribution in [3.05, 3.63) is 58.9 Å². The van der Waals surface area contributed by atoms with Gasteiger partial charge in [0.05, 0.1) is 16.3 Å². The molecule has 0 heterocycles. The summed E-state index contributed by atoms with van der Waals surface area (Å²) in [6.07, 6.45) is 0. The van der Waals surface area contributed by atoms with Crippen LogP contribution < -0.4 is 10.1 Å². The number of halogens is 2. The van der Waals surface area contributed by atoms with Gasteiger partial charge in [0.2, 0.25) is 0 Å². The molecule has 0 unspecified atom stereocenters. The molecule has 2 rings (SSSR count). The van der Waals surface area contributed by atoms with Crippen molar-refractivity contribution in [2.24, 2.45) is 0 Å². The Kier molecular flexibility index (Phi) is 5.76. The molecule has 7 heteroatoms. The summed E-state index contributed by atoms with van der Waals surface area (Å²) in [5.41, 5.74) is 0.520. The summed E-state index contributed by atoms with van der Waals surface area (Å²) in [5, 5.41) is 2.68. The predicted octanol–water partition coefficient (Wildman–Crippen LogP) is 3.20. The molecule has 0 aliphatic heterocycles. The lowest BCUT2D eigenvalue weighted by Gasteiger charge is -2.14. The minimum atomic E-state index is -0.496. The van der Waals surface area contributed by atoms with Crippen LogP contribution in [0.5, 0.6) is 5.75 Å². The molecule has 0 aliphatic carbocycles. The van der Waals surface area contributed by atoms with Crippen LogP contribution in [-0.4, -0.2) is 37.4 Å². The van der Waals surface area contributed by atoms with Gasteiger partial charge in [-0.1, -0.05) is 23.7 Å². The standard InChI is InChI=1S/C17H16ClFN2O3/c1-21(2)16(22)10-24-15-6-4-3-5-12(15)17(23)20-14-8-7-11(19)9-13(14)18/h3-9H,10H2,1-2H3,(H,20,23). The minimum absolute atomic E-state index is 0.0875. The summed E-state index contributed by atoms with van der Waals surface area (Å²) in [7, 11) is 3.22. The van der Waals surface area contributed by atoms with Crippen molar-refractivity contribution in [2.75, 3.05) is 26.0 Å². The first-order chi connectivity index (χ1) is 11.4. The smallest absolute Gasteiger partial charge is 0.259 e. The Balaban J connectivity index is 2.16. The summed E-state index contributed by atoms with van der Waals surface area (Å²) in [5.74, 6) is -0.935. The zero-order valence-electron chi connectivity index (χ0n) is 13.2. The van der Waals surface area contributed by atoms with Gasteiger partial charge < -0.3 is 15.0 Å². The highest BCUT2D eigenvalue weighted by molar-refractivity contribution is 6.34. The molecule has 2 amide bonds. The van der Waals surface area contributed by atoms with Crippen molar-refractivity contribution >= 4 is 29.1 Å². The van der Waals surface area contributed by atoms with E-state index in [4.69, 9.17) is 16.3 Å². The van der Waals surface area contributed by atoms with Crippen LogP contribution in [0.2, 0.25) is 5.02 Å². The van der Waals surface area contributed by atoms with Crippen LogP contribution in [0.1, 0.15) is 10.4 Å². The third-order valence-electron chi connectivity index (χ3n) is 3.16. The maximum Gasteiger partial charge on any atom is 0.259 e. The van der Waals surface area contributed by atoms with Crippen molar-refractivity contribution in [3.8, 4) is 5.75 Å². The molecule has 2 aromatic carbocycles. The molecule has 0 saturated carbocycles. The molecular formula is C17H16ClFN2O3. The minimum Gasteiger partial charge on any atom is -0.483 e. The SMILES string of the molecule is CN(C)C(=O)COc1ccccc1C(=O)Nc1ccc(F)cc1Cl. The lowest BCUT2D eigenvalue weighted by molar-refractivity contribution is -0.130. The number of carbonyl (C=O) groups excluding carboxylic acids is 2. The van der Waals surface area contributed by atoms with Crippen molar-refractivity contribution < 1.29 is 18.7 Å². The maximum atomic E-state index is 13.1. The molecule has 0 radical (unpaired) electrons. The molecule has 1 N–H and O–H groups in total. The Morgan fingerprint density at radius 2 is 1.92 bits per heavy atom. The molecule has 5 nitrogen and oxygen atoms in total. The average Bonchev–Trinajstić information content (AvgIpc) is 2.55. The van der Waals surface area contributed by atoms with Crippen LogP contribution in [-0.2, 0) is 4.79 Å². The number of rotatable bonds is 5. The number of carbonyl (C=O) groups is 2.